The highest BCUT2D eigenvalue weighted by atomic mass is 32.1. The van der Waals surface area contributed by atoms with Crippen molar-refractivity contribution >= 4 is 33.7 Å². The number of benzene rings is 2. The van der Waals surface area contributed by atoms with Gasteiger partial charge in [0.15, 0.2) is 0 Å². The molecule has 0 saturated carbocycles. The van der Waals surface area contributed by atoms with E-state index in [1.54, 1.807) is 30.3 Å². The van der Waals surface area contributed by atoms with E-state index in [4.69, 9.17) is 5.73 Å². The number of carbonyl (C=O) groups is 1. The van der Waals surface area contributed by atoms with Gasteiger partial charge in [-0.2, -0.15) is 0 Å². The zero-order valence-corrected chi connectivity index (χ0v) is 11.9. The first-order chi connectivity index (χ1) is 10.2. The monoisotopic (exact) mass is 298 g/mol. The Morgan fingerprint density at radius 1 is 1.10 bits per heavy atom. The van der Waals surface area contributed by atoms with E-state index < -0.39 is 6.04 Å². The van der Waals surface area contributed by atoms with Gasteiger partial charge < -0.3 is 16.2 Å². The van der Waals surface area contributed by atoms with E-state index in [1.807, 2.05) is 23.6 Å². The summed E-state index contributed by atoms with van der Waals surface area (Å²) in [5.74, 6) is -0.0838. The number of hydrogen-bond acceptors (Lipinski definition) is 4. The Morgan fingerprint density at radius 2 is 1.86 bits per heavy atom. The lowest BCUT2D eigenvalue weighted by atomic mass is 10.1. The van der Waals surface area contributed by atoms with E-state index in [2.05, 4.69) is 5.32 Å². The molecule has 1 atom stereocenters. The second-order valence-electron chi connectivity index (χ2n) is 4.66. The van der Waals surface area contributed by atoms with Crippen molar-refractivity contribution in [1.82, 2.24) is 0 Å². The molecule has 0 saturated heterocycles. The van der Waals surface area contributed by atoms with Crippen molar-refractivity contribution in [1.29, 1.82) is 0 Å². The van der Waals surface area contributed by atoms with Crippen molar-refractivity contribution in [2.45, 2.75) is 6.04 Å². The van der Waals surface area contributed by atoms with Gasteiger partial charge in [-0.3, -0.25) is 4.79 Å². The molecule has 4 nitrogen and oxygen atoms in total. The molecule has 1 amide bonds. The van der Waals surface area contributed by atoms with E-state index in [-0.39, 0.29) is 11.7 Å². The predicted octanol–water partition coefficient (Wildman–Crippen LogP) is 3.25. The van der Waals surface area contributed by atoms with Gasteiger partial charge in [0, 0.05) is 21.3 Å². The van der Waals surface area contributed by atoms with Gasteiger partial charge in [0.2, 0.25) is 5.91 Å². The zero-order valence-electron chi connectivity index (χ0n) is 11.1. The number of thiophene rings is 1. The number of aromatic hydroxyl groups is 1. The van der Waals surface area contributed by atoms with Crippen LogP contribution in [-0.4, -0.2) is 11.0 Å². The summed E-state index contributed by atoms with van der Waals surface area (Å²) in [5, 5.41) is 16.0. The molecule has 4 N–H and O–H groups in total. The molecule has 21 heavy (non-hydrogen) atoms. The van der Waals surface area contributed by atoms with Crippen LogP contribution in [0.15, 0.2) is 53.9 Å². The summed E-state index contributed by atoms with van der Waals surface area (Å²) in [7, 11) is 0. The molecule has 0 aliphatic rings. The molecule has 5 heteroatoms. The van der Waals surface area contributed by atoms with E-state index in [0.717, 1.165) is 10.3 Å². The standard InChI is InChI=1S/C16H14N2O2S/c17-15(14-8-3-9-21-14)16(20)18-12-6-1-5-11-10(12)4-2-7-13(11)19/h1-9,15,19H,17H2,(H,18,20). The Labute approximate surface area is 125 Å². The molecular weight excluding hydrogens is 284 g/mol. The molecule has 0 bridgehead atoms. The normalized spacial score (nSPS) is 12.2. The number of hydrogen-bond donors (Lipinski definition) is 3. The summed E-state index contributed by atoms with van der Waals surface area (Å²) in [4.78, 5) is 13.1. The van der Waals surface area contributed by atoms with E-state index >= 15 is 0 Å². The highest BCUT2D eigenvalue weighted by Crippen LogP contribution is 2.30. The van der Waals surface area contributed by atoms with Crippen molar-refractivity contribution in [2.24, 2.45) is 5.73 Å². The Hall–Kier alpha value is -2.37. The maximum atomic E-state index is 12.2. The molecule has 1 heterocycles. The van der Waals surface area contributed by atoms with Gasteiger partial charge in [-0.05, 0) is 23.6 Å². The van der Waals surface area contributed by atoms with Crippen LogP contribution in [0.5, 0.6) is 5.75 Å². The molecule has 1 unspecified atom stereocenters. The molecule has 3 aromatic rings. The first-order valence-corrected chi connectivity index (χ1v) is 7.35. The molecule has 2 aromatic carbocycles. The van der Waals surface area contributed by atoms with Crippen LogP contribution >= 0.6 is 11.3 Å². The number of phenols is 1. The van der Waals surface area contributed by atoms with Crippen molar-refractivity contribution in [3.05, 3.63) is 58.8 Å². The van der Waals surface area contributed by atoms with Crippen LogP contribution in [0.3, 0.4) is 0 Å². The molecule has 1 aromatic heterocycles. The average molecular weight is 298 g/mol. The Morgan fingerprint density at radius 3 is 2.62 bits per heavy atom. The van der Waals surface area contributed by atoms with Gasteiger partial charge >= 0.3 is 0 Å². The van der Waals surface area contributed by atoms with Gasteiger partial charge in [-0.25, -0.2) is 0 Å². The maximum absolute atomic E-state index is 12.2. The minimum atomic E-state index is -0.697. The van der Waals surface area contributed by atoms with Gasteiger partial charge in [-0.15, -0.1) is 11.3 Å². The van der Waals surface area contributed by atoms with Gasteiger partial charge in [0.25, 0.3) is 0 Å². The maximum Gasteiger partial charge on any atom is 0.246 e. The van der Waals surface area contributed by atoms with Crippen LogP contribution < -0.4 is 11.1 Å². The molecule has 0 spiro atoms. The van der Waals surface area contributed by atoms with Crippen molar-refractivity contribution in [3.8, 4) is 5.75 Å². The number of carbonyl (C=O) groups excluding carboxylic acids is 1. The summed E-state index contributed by atoms with van der Waals surface area (Å²) in [6.07, 6.45) is 0. The van der Waals surface area contributed by atoms with Crippen LogP contribution in [0.4, 0.5) is 5.69 Å². The van der Waals surface area contributed by atoms with E-state index in [0.29, 0.717) is 11.1 Å². The summed E-state index contributed by atoms with van der Waals surface area (Å²) in [6.45, 7) is 0. The number of nitrogens with one attached hydrogen (secondary N) is 1. The molecule has 0 aliphatic carbocycles. The topological polar surface area (TPSA) is 75.4 Å². The first kappa shape index (κ1) is 13.6. The van der Waals surface area contributed by atoms with Gasteiger partial charge in [0.05, 0.1) is 0 Å². The fourth-order valence-corrected chi connectivity index (χ4v) is 2.94. The fraction of sp³-hybridized carbons (Fsp3) is 0.0625. The fourth-order valence-electron chi connectivity index (χ4n) is 2.21. The third kappa shape index (κ3) is 2.61. The van der Waals surface area contributed by atoms with E-state index in [9.17, 15) is 9.90 Å². The van der Waals surface area contributed by atoms with Crippen molar-refractivity contribution in [2.75, 3.05) is 5.32 Å². The van der Waals surface area contributed by atoms with Crippen LogP contribution in [0.1, 0.15) is 10.9 Å². The van der Waals surface area contributed by atoms with Crippen LogP contribution in [0.2, 0.25) is 0 Å². The summed E-state index contributed by atoms with van der Waals surface area (Å²) in [6, 6.07) is 13.6. The number of nitrogens with two attached hydrogens (primary N) is 1. The molecule has 0 aliphatic heterocycles. The lowest BCUT2D eigenvalue weighted by Gasteiger charge is -2.13. The third-order valence-electron chi connectivity index (χ3n) is 3.29. The molecular formula is C16H14N2O2S. The smallest absolute Gasteiger partial charge is 0.246 e. The van der Waals surface area contributed by atoms with Crippen molar-refractivity contribution in [3.63, 3.8) is 0 Å². The summed E-state index contributed by atoms with van der Waals surface area (Å²) < 4.78 is 0. The third-order valence-corrected chi connectivity index (χ3v) is 4.24. The van der Waals surface area contributed by atoms with Gasteiger partial charge in [-0.1, -0.05) is 30.3 Å². The molecule has 0 radical (unpaired) electrons. The Bertz CT molecular complexity index is 784. The summed E-state index contributed by atoms with van der Waals surface area (Å²) >= 11 is 1.45. The minimum Gasteiger partial charge on any atom is -0.507 e. The Kier molecular flexibility index (Phi) is 3.60. The van der Waals surface area contributed by atoms with E-state index in [1.165, 1.54) is 11.3 Å². The van der Waals surface area contributed by atoms with Crippen LogP contribution in [-0.2, 0) is 4.79 Å². The van der Waals surface area contributed by atoms with Crippen LogP contribution in [0, 0.1) is 0 Å². The highest BCUT2D eigenvalue weighted by molar-refractivity contribution is 7.10. The van der Waals surface area contributed by atoms with Crippen LogP contribution in [0.25, 0.3) is 10.8 Å². The SMILES string of the molecule is NC(C(=O)Nc1cccc2c(O)cccc12)c1cccs1. The largest absolute Gasteiger partial charge is 0.507 e. The number of fused-ring (bicyclic) bond motifs is 1. The quantitative estimate of drug-likeness (QED) is 0.695. The number of anilines is 1. The lowest BCUT2D eigenvalue weighted by Crippen LogP contribution is -2.27. The number of amides is 1. The van der Waals surface area contributed by atoms with Gasteiger partial charge in [0.1, 0.15) is 11.8 Å². The molecule has 0 fully saturated rings. The summed E-state index contributed by atoms with van der Waals surface area (Å²) in [5.41, 5.74) is 6.59. The number of rotatable bonds is 3. The molecule has 106 valence electrons. The second kappa shape index (κ2) is 5.55. The zero-order chi connectivity index (χ0) is 14.8. The lowest BCUT2D eigenvalue weighted by molar-refractivity contribution is -0.117. The average Bonchev–Trinajstić information content (AvgIpc) is 3.02. The second-order valence-corrected chi connectivity index (χ2v) is 5.64. The highest BCUT2D eigenvalue weighted by Gasteiger charge is 2.17. The first-order valence-electron chi connectivity index (χ1n) is 6.47. The Balaban J connectivity index is 1.92. The molecule has 3 rings (SSSR count). The van der Waals surface area contributed by atoms with Crippen molar-refractivity contribution < 1.29 is 9.90 Å². The predicted molar refractivity (Wildman–Crippen MR) is 85.5 cm³/mol. The minimum absolute atomic E-state index is 0.186. The number of phenolic OH excluding ortho intramolecular Hbond substituents is 1.